The van der Waals surface area contributed by atoms with Gasteiger partial charge in [-0.05, 0) is 12.1 Å². The van der Waals surface area contributed by atoms with Gasteiger partial charge in [0.15, 0.2) is 0 Å². The van der Waals surface area contributed by atoms with Gasteiger partial charge in [0, 0.05) is 35.5 Å². The number of carbonyl (C=O) groups excluding carboxylic acids is 1. The van der Waals surface area contributed by atoms with Crippen LogP contribution in [0.4, 0.5) is 4.39 Å². The minimum absolute atomic E-state index is 0.00438. The second-order valence-corrected chi connectivity index (χ2v) is 4.99. The predicted molar refractivity (Wildman–Crippen MR) is 66.5 cm³/mol. The van der Waals surface area contributed by atoms with E-state index in [0.29, 0.717) is 23.0 Å². The Morgan fingerprint density at radius 2 is 2.35 bits per heavy atom. The minimum Gasteiger partial charge on any atom is -0.337 e. The zero-order valence-corrected chi connectivity index (χ0v) is 10.7. The van der Waals surface area contributed by atoms with Gasteiger partial charge < -0.3 is 4.90 Å². The van der Waals surface area contributed by atoms with Crippen LogP contribution in [-0.2, 0) is 11.3 Å². The standard InChI is InChI=1S/C13H11BrFNO/c1-2-9-5-13(17)16(7-9)8-10-3-4-11(14)6-12(10)15/h1,3-4,6,9H,5,7-8H2. The lowest BCUT2D eigenvalue weighted by atomic mass is 10.1. The van der Waals surface area contributed by atoms with E-state index in [4.69, 9.17) is 6.42 Å². The molecular formula is C13H11BrFNO. The molecule has 2 nitrogen and oxygen atoms in total. The molecule has 0 aromatic heterocycles. The van der Waals surface area contributed by atoms with Crippen LogP contribution in [0.2, 0.25) is 0 Å². The van der Waals surface area contributed by atoms with Gasteiger partial charge in [0.25, 0.3) is 0 Å². The average molecular weight is 296 g/mol. The number of likely N-dealkylation sites (tertiary alicyclic amines) is 1. The molecule has 0 radical (unpaired) electrons. The van der Waals surface area contributed by atoms with E-state index < -0.39 is 0 Å². The van der Waals surface area contributed by atoms with Crippen LogP contribution >= 0.6 is 15.9 Å². The van der Waals surface area contributed by atoms with Gasteiger partial charge in [-0.25, -0.2) is 4.39 Å². The third kappa shape index (κ3) is 2.67. The first kappa shape index (κ1) is 12.1. The van der Waals surface area contributed by atoms with Gasteiger partial charge in [0.1, 0.15) is 5.82 Å². The number of hydrogen-bond donors (Lipinski definition) is 0. The van der Waals surface area contributed by atoms with Crippen LogP contribution in [0.15, 0.2) is 22.7 Å². The van der Waals surface area contributed by atoms with Crippen molar-refractivity contribution in [3.63, 3.8) is 0 Å². The zero-order chi connectivity index (χ0) is 12.4. The summed E-state index contributed by atoms with van der Waals surface area (Å²) >= 11 is 3.19. The zero-order valence-electron chi connectivity index (χ0n) is 9.12. The van der Waals surface area contributed by atoms with E-state index >= 15 is 0 Å². The molecule has 1 aromatic rings. The van der Waals surface area contributed by atoms with Gasteiger partial charge in [0.2, 0.25) is 5.91 Å². The number of carbonyl (C=O) groups is 1. The molecule has 1 aliphatic rings. The number of amides is 1. The molecule has 1 aliphatic heterocycles. The van der Waals surface area contributed by atoms with Crippen molar-refractivity contribution < 1.29 is 9.18 Å². The summed E-state index contributed by atoms with van der Waals surface area (Å²) in [5.74, 6) is 2.22. The molecular weight excluding hydrogens is 285 g/mol. The predicted octanol–water partition coefficient (Wildman–Crippen LogP) is 2.57. The van der Waals surface area contributed by atoms with Gasteiger partial charge >= 0.3 is 0 Å². The molecule has 0 saturated carbocycles. The highest BCUT2D eigenvalue weighted by Gasteiger charge is 2.28. The third-order valence-electron chi connectivity index (χ3n) is 2.83. The topological polar surface area (TPSA) is 20.3 Å². The summed E-state index contributed by atoms with van der Waals surface area (Å²) in [6.07, 6.45) is 5.66. The van der Waals surface area contributed by atoms with E-state index in [1.807, 2.05) is 0 Å². The number of terminal acetylenes is 1. The molecule has 88 valence electrons. The molecule has 1 aromatic carbocycles. The third-order valence-corrected chi connectivity index (χ3v) is 3.32. The lowest BCUT2D eigenvalue weighted by Crippen LogP contribution is -2.25. The maximum atomic E-state index is 13.6. The number of nitrogens with zero attached hydrogens (tertiary/aromatic N) is 1. The highest BCUT2D eigenvalue weighted by Crippen LogP contribution is 2.22. The Balaban J connectivity index is 2.12. The maximum absolute atomic E-state index is 13.6. The fourth-order valence-electron chi connectivity index (χ4n) is 1.89. The molecule has 0 N–H and O–H groups in total. The molecule has 0 spiro atoms. The smallest absolute Gasteiger partial charge is 0.224 e. The highest BCUT2D eigenvalue weighted by molar-refractivity contribution is 9.10. The van der Waals surface area contributed by atoms with Crippen molar-refractivity contribution in [2.45, 2.75) is 13.0 Å². The number of benzene rings is 1. The maximum Gasteiger partial charge on any atom is 0.224 e. The summed E-state index contributed by atoms with van der Waals surface area (Å²) in [5.41, 5.74) is 0.513. The molecule has 1 saturated heterocycles. The van der Waals surface area contributed by atoms with Crippen LogP contribution in [0.5, 0.6) is 0 Å². The summed E-state index contributed by atoms with van der Waals surface area (Å²) in [6, 6.07) is 4.84. The minimum atomic E-state index is -0.309. The van der Waals surface area contributed by atoms with Crippen molar-refractivity contribution in [3.8, 4) is 12.3 Å². The fourth-order valence-corrected chi connectivity index (χ4v) is 2.23. The Morgan fingerprint density at radius 3 is 2.94 bits per heavy atom. The van der Waals surface area contributed by atoms with Crippen molar-refractivity contribution in [2.24, 2.45) is 5.92 Å². The summed E-state index contributed by atoms with van der Waals surface area (Å²) < 4.78 is 14.3. The fraction of sp³-hybridized carbons (Fsp3) is 0.308. The summed E-state index contributed by atoms with van der Waals surface area (Å²) in [7, 11) is 0. The molecule has 1 unspecified atom stereocenters. The Labute approximate surface area is 108 Å². The van der Waals surface area contributed by atoms with E-state index in [2.05, 4.69) is 21.9 Å². The first-order valence-corrected chi connectivity index (χ1v) is 6.07. The Morgan fingerprint density at radius 1 is 1.59 bits per heavy atom. The molecule has 0 aliphatic carbocycles. The Hall–Kier alpha value is -1.34. The van der Waals surface area contributed by atoms with Crippen molar-refractivity contribution in [3.05, 3.63) is 34.1 Å². The van der Waals surface area contributed by atoms with E-state index in [0.717, 1.165) is 0 Å². The van der Waals surface area contributed by atoms with Crippen LogP contribution in [0.25, 0.3) is 0 Å². The van der Waals surface area contributed by atoms with E-state index in [9.17, 15) is 9.18 Å². The molecule has 1 amide bonds. The number of halogens is 2. The average Bonchev–Trinajstić information content (AvgIpc) is 2.64. The van der Waals surface area contributed by atoms with Crippen LogP contribution in [0.3, 0.4) is 0 Å². The molecule has 1 fully saturated rings. The van der Waals surface area contributed by atoms with E-state index in [1.165, 1.54) is 6.07 Å². The van der Waals surface area contributed by atoms with Crippen molar-refractivity contribution in [1.82, 2.24) is 4.90 Å². The molecule has 1 atom stereocenters. The summed E-state index contributed by atoms with van der Waals surface area (Å²) in [5, 5.41) is 0. The van der Waals surface area contributed by atoms with Crippen LogP contribution in [-0.4, -0.2) is 17.4 Å². The summed E-state index contributed by atoms with van der Waals surface area (Å²) in [4.78, 5) is 13.2. The molecule has 0 bridgehead atoms. The lowest BCUT2D eigenvalue weighted by Gasteiger charge is -2.16. The van der Waals surface area contributed by atoms with Gasteiger partial charge in [-0.3, -0.25) is 4.79 Å². The summed E-state index contributed by atoms with van der Waals surface area (Å²) in [6.45, 7) is 0.807. The number of hydrogen-bond acceptors (Lipinski definition) is 1. The van der Waals surface area contributed by atoms with Crippen LogP contribution in [0.1, 0.15) is 12.0 Å². The highest BCUT2D eigenvalue weighted by atomic mass is 79.9. The van der Waals surface area contributed by atoms with E-state index in [1.54, 1.807) is 17.0 Å². The van der Waals surface area contributed by atoms with Crippen molar-refractivity contribution >= 4 is 21.8 Å². The molecule has 2 rings (SSSR count). The van der Waals surface area contributed by atoms with Crippen molar-refractivity contribution in [1.29, 1.82) is 0 Å². The first-order valence-electron chi connectivity index (χ1n) is 5.28. The monoisotopic (exact) mass is 295 g/mol. The van der Waals surface area contributed by atoms with Gasteiger partial charge in [0.05, 0.1) is 0 Å². The van der Waals surface area contributed by atoms with Crippen LogP contribution < -0.4 is 0 Å². The largest absolute Gasteiger partial charge is 0.337 e. The Kier molecular flexibility index (Phi) is 3.49. The second-order valence-electron chi connectivity index (χ2n) is 4.08. The lowest BCUT2D eigenvalue weighted by molar-refractivity contribution is -0.128. The SMILES string of the molecule is C#CC1CC(=O)N(Cc2ccc(Br)cc2F)C1. The molecule has 17 heavy (non-hydrogen) atoms. The molecule has 4 heteroatoms. The van der Waals surface area contributed by atoms with Gasteiger partial charge in [-0.15, -0.1) is 12.3 Å². The second kappa shape index (κ2) is 4.89. The normalized spacial score (nSPS) is 19.5. The van der Waals surface area contributed by atoms with E-state index in [-0.39, 0.29) is 24.2 Å². The first-order chi connectivity index (χ1) is 8.10. The Bertz CT molecular complexity index is 495. The molecule has 1 heterocycles. The van der Waals surface area contributed by atoms with Gasteiger partial charge in [-0.1, -0.05) is 22.0 Å². The quantitative estimate of drug-likeness (QED) is 0.768. The van der Waals surface area contributed by atoms with Crippen molar-refractivity contribution in [2.75, 3.05) is 6.54 Å². The van der Waals surface area contributed by atoms with Crippen LogP contribution in [0, 0.1) is 24.1 Å². The number of rotatable bonds is 2. The van der Waals surface area contributed by atoms with Gasteiger partial charge in [-0.2, -0.15) is 0 Å².